The van der Waals surface area contributed by atoms with E-state index in [4.69, 9.17) is 9.47 Å². The van der Waals surface area contributed by atoms with E-state index in [0.717, 1.165) is 0 Å². The van der Waals surface area contributed by atoms with Crippen LogP contribution in [0.15, 0.2) is 53.6 Å². The van der Waals surface area contributed by atoms with Crippen LogP contribution in [0.3, 0.4) is 0 Å². The minimum atomic E-state index is -0.929. The van der Waals surface area contributed by atoms with Gasteiger partial charge in [-0.25, -0.2) is 9.59 Å². The molecule has 0 spiro atoms. The zero-order chi connectivity index (χ0) is 22.8. The van der Waals surface area contributed by atoms with Crippen LogP contribution in [0.2, 0.25) is 0 Å². The molecule has 2 rings (SSSR count). The van der Waals surface area contributed by atoms with E-state index in [1.807, 2.05) is 0 Å². The van der Waals surface area contributed by atoms with Crippen LogP contribution in [0.25, 0.3) is 0 Å². The number of rotatable bonds is 9. The number of nitro groups is 1. The van der Waals surface area contributed by atoms with Gasteiger partial charge in [0.05, 0.1) is 23.8 Å². The molecule has 162 valence electrons. The van der Waals surface area contributed by atoms with Gasteiger partial charge in [0.15, 0.2) is 0 Å². The van der Waals surface area contributed by atoms with Crippen LogP contribution in [-0.4, -0.2) is 41.7 Å². The van der Waals surface area contributed by atoms with Crippen LogP contribution in [0.5, 0.6) is 0 Å². The van der Waals surface area contributed by atoms with Crippen LogP contribution < -0.4 is 10.7 Å². The number of hydrogen-bond acceptors (Lipinski definition) is 9. The molecule has 1 amide bonds. The number of amides is 1. The number of hydrazone groups is 1. The molecule has 0 saturated heterocycles. The number of benzene rings is 2. The monoisotopic (exact) mass is 428 g/mol. The van der Waals surface area contributed by atoms with Gasteiger partial charge in [0, 0.05) is 23.4 Å². The average molecular weight is 428 g/mol. The Kier molecular flexibility index (Phi) is 8.20. The summed E-state index contributed by atoms with van der Waals surface area (Å²) in [5.41, 5.74) is 2.79. The predicted octanol–water partition coefficient (Wildman–Crippen LogP) is 2.74. The smallest absolute Gasteiger partial charge is 0.366 e. The zero-order valence-corrected chi connectivity index (χ0v) is 16.8. The molecule has 0 aliphatic heterocycles. The van der Waals surface area contributed by atoms with E-state index < -0.39 is 28.5 Å². The molecule has 0 atom stereocenters. The van der Waals surface area contributed by atoms with Crippen LogP contribution >= 0.6 is 0 Å². The minimum absolute atomic E-state index is 0.0611. The fourth-order valence-electron chi connectivity index (χ4n) is 2.29. The summed E-state index contributed by atoms with van der Waals surface area (Å²) in [5, 5.41) is 17.2. The number of carbonyl (C=O) groups excluding carboxylic acids is 3. The van der Waals surface area contributed by atoms with Crippen molar-refractivity contribution in [3.63, 3.8) is 0 Å². The summed E-state index contributed by atoms with van der Waals surface area (Å²) in [6.45, 7) is 3.30. The van der Waals surface area contributed by atoms with Gasteiger partial charge < -0.3 is 14.8 Å². The van der Waals surface area contributed by atoms with E-state index in [1.165, 1.54) is 48.5 Å². The fraction of sp³-hybridized carbons (Fsp3) is 0.200. The molecule has 0 fully saturated rings. The highest BCUT2D eigenvalue weighted by molar-refractivity contribution is 6.62. The molecule has 0 aromatic heterocycles. The van der Waals surface area contributed by atoms with Crippen molar-refractivity contribution in [2.24, 2.45) is 5.10 Å². The molecule has 0 saturated carbocycles. The van der Waals surface area contributed by atoms with Crippen molar-refractivity contribution in [3.8, 4) is 0 Å². The molecule has 0 heterocycles. The molecular weight excluding hydrogens is 408 g/mol. The molecule has 2 aromatic carbocycles. The molecule has 11 heteroatoms. The second kappa shape index (κ2) is 11.0. The van der Waals surface area contributed by atoms with E-state index in [1.54, 1.807) is 13.8 Å². The Bertz CT molecular complexity index is 983. The lowest BCUT2D eigenvalue weighted by molar-refractivity contribution is -0.384. The summed E-state index contributed by atoms with van der Waals surface area (Å²) in [6.07, 6.45) is 0. The number of nitrogens with zero attached hydrogens (tertiary/aromatic N) is 2. The standard InChI is InChI=1S/C20H20N4O7/c1-3-30-19(26)17(20(27)31-4-2)23-22-14-10-8-13(9-11-14)18(25)21-15-6-5-7-16(12-15)24(28)29/h5-12,22H,3-4H2,1-2H3,(H,21,25). The maximum absolute atomic E-state index is 12.3. The molecular formula is C20H20N4O7. The molecule has 0 bridgehead atoms. The molecule has 11 nitrogen and oxygen atoms in total. The van der Waals surface area contributed by atoms with Gasteiger partial charge in [-0.3, -0.25) is 20.3 Å². The lowest BCUT2D eigenvalue weighted by atomic mass is 10.2. The van der Waals surface area contributed by atoms with Crippen molar-refractivity contribution in [2.75, 3.05) is 24.0 Å². The van der Waals surface area contributed by atoms with Crippen LogP contribution in [0.1, 0.15) is 24.2 Å². The highest BCUT2D eigenvalue weighted by Gasteiger charge is 2.23. The van der Waals surface area contributed by atoms with Gasteiger partial charge >= 0.3 is 11.9 Å². The average Bonchev–Trinajstić information content (AvgIpc) is 2.75. The zero-order valence-electron chi connectivity index (χ0n) is 16.8. The van der Waals surface area contributed by atoms with E-state index in [0.29, 0.717) is 5.69 Å². The summed E-state index contributed by atoms with van der Waals surface area (Å²) in [5.74, 6) is -2.34. The third-order valence-corrected chi connectivity index (χ3v) is 3.70. The van der Waals surface area contributed by atoms with Crippen LogP contribution in [0.4, 0.5) is 17.1 Å². The van der Waals surface area contributed by atoms with Crippen molar-refractivity contribution in [3.05, 3.63) is 64.2 Å². The number of non-ortho nitro benzene ring substituents is 1. The van der Waals surface area contributed by atoms with Gasteiger partial charge in [-0.15, -0.1) is 0 Å². The van der Waals surface area contributed by atoms with Gasteiger partial charge in [-0.05, 0) is 44.2 Å². The molecule has 0 radical (unpaired) electrons. The van der Waals surface area contributed by atoms with E-state index in [9.17, 15) is 24.5 Å². The van der Waals surface area contributed by atoms with Crippen LogP contribution in [-0.2, 0) is 19.1 Å². The van der Waals surface area contributed by atoms with Crippen molar-refractivity contribution in [1.29, 1.82) is 0 Å². The minimum Gasteiger partial charge on any atom is -0.461 e. The number of anilines is 2. The predicted molar refractivity (Wildman–Crippen MR) is 112 cm³/mol. The number of hydrogen-bond donors (Lipinski definition) is 2. The maximum Gasteiger partial charge on any atom is 0.366 e. The highest BCUT2D eigenvalue weighted by Crippen LogP contribution is 2.18. The first kappa shape index (κ1) is 23.0. The lowest BCUT2D eigenvalue weighted by Crippen LogP contribution is -2.29. The number of nitro benzene ring substituents is 1. The summed E-state index contributed by atoms with van der Waals surface area (Å²) in [7, 11) is 0. The Balaban J connectivity index is 2.09. The molecule has 2 aromatic rings. The number of esters is 2. The van der Waals surface area contributed by atoms with E-state index in [-0.39, 0.29) is 30.2 Å². The van der Waals surface area contributed by atoms with Crippen molar-refractivity contribution < 1.29 is 28.8 Å². The molecule has 0 unspecified atom stereocenters. The first-order valence-electron chi connectivity index (χ1n) is 9.19. The quantitative estimate of drug-likeness (QED) is 0.204. The number of nitrogens with one attached hydrogen (secondary N) is 2. The molecule has 0 aliphatic carbocycles. The van der Waals surface area contributed by atoms with Crippen molar-refractivity contribution in [1.82, 2.24) is 0 Å². The maximum atomic E-state index is 12.3. The third kappa shape index (κ3) is 6.63. The Labute approximate surface area is 177 Å². The molecule has 31 heavy (non-hydrogen) atoms. The van der Waals surface area contributed by atoms with E-state index >= 15 is 0 Å². The summed E-state index contributed by atoms with van der Waals surface area (Å²) in [6, 6.07) is 11.5. The SMILES string of the molecule is CCOC(=O)C(=NNc1ccc(C(=O)Nc2cccc([N+](=O)[O-])c2)cc1)C(=O)OCC. The first-order chi connectivity index (χ1) is 14.8. The third-order valence-electron chi connectivity index (χ3n) is 3.70. The first-order valence-corrected chi connectivity index (χ1v) is 9.19. The number of ether oxygens (including phenoxy) is 2. The highest BCUT2D eigenvalue weighted by atomic mass is 16.6. The number of carbonyl (C=O) groups is 3. The molecule has 2 N–H and O–H groups in total. The Hall–Kier alpha value is -4.28. The topological polar surface area (TPSA) is 149 Å². The van der Waals surface area contributed by atoms with Gasteiger partial charge in [0.1, 0.15) is 0 Å². The van der Waals surface area contributed by atoms with Crippen LogP contribution in [0, 0.1) is 10.1 Å². The van der Waals surface area contributed by atoms with Gasteiger partial charge in [-0.2, -0.15) is 5.10 Å². The lowest BCUT2D eigenvalue weighted by Gasteiger charge is -2.08. The Morgan fingerprint density at radius 2 is 1.58 bits per heavy atom. The van der Waals surface area contributed by atoms with Crippen molar-refractivity contribution >= 4 is 40.6 Å². The largest absolute Gasteiger partial charge is 0.461 e. The fourth-order valence-corrected chi connectivity index (χ4v) is 2.29. The summed E-state index contributed by atoms with van der Waals surface area (Å²) < 4.78 is 9.57. The van der Waals surface area contributed by atoms with Crippen molar-refractivity contribution in [2.45, 2.75) is 13.8 Å². The molecule has 0 aliphatic rings. The summed E-state index contributed by atoms with van der Waals surface area (Å²) in [4.78, 5) is 46.4. The Morgan fingerprint density at radius 3 is 2.13 bits per heavy atom. The second-order valence-corrected chi connectivity index (χ2v) is 5.85. The van der Waals surface area contributed by atoms with Gasteiger partial charge in [0.25, 0.3) is 17.3 Å². The summed E-state index contributed by atoms with van der Waals surface area (Å²) >= 11 is 0. The Morgan fingerprint density at radius 1 is 0.968 bits per heavy atom. The van der Waals surface area contributed by atoms with Gasteiger partial charge in [0.2, 0.25) is 0 Å². The van der Waals surface area contributed by atoms with Gasteiger partial charge in [-0.1, -0.05) is 6.07 Å². The normalized spacial score (nSPS) is 9.87. The second-order valence-electron chi connectivity index (χ2n) is 5.85. The van der Waals surface area contributed by atoms with E-state index in [2.05, 4.69) is 15.8 Å².